The number of alkyl halides is 3. The SMILES string of the molecule is NC(=O)Cc1ccc(Br)cc1OC(F)(F)F. The van der Waals surface area contributed by atoms with Crippen LogP contribution in [-0.2, 0) is 11.2 Å². The number of carbonyl (C=O) groups is 1. The Labute approximate surface area is 97.5 Å². The highest BCUT2D eigenvalue weighted by atomic mass is 79.9. The summed E-state index contributed by atoms with van der Waals surface area (Å²) in [5, 5.41) is 0. The van der Waals surface area contributed by atoms with Gasteiger partial charge in [-0.05, 0) is 12.1 Å². The van der Waals surface area contributed by atoms with Gasteiger partial charge in [-0.25, -0.2) is 0 Å². The summed E-state index contributed by atoms with van der Waals surface area (Å²) in [5.74, 6) is -1.16. The number of amides is 1. The van der Waals surface area contributed by atoms with E-state index in [9.17, 15) is 18.0 Å². The topological polar surface area (TPSA) is 52.3 Å². The minimum absolute atomic E-state index is 0.0908. The molecular formula is C9H7BrF3NO2. The summed E-state index contributed by atoms with van der Waals surface area (Å²) in [6.07, 6.45) is -5.11. The molecule has 0 aliphatic rings. The molecule has 0 radical (unpaired) electrons. The zero-order valence-electron chi connectivity index (χ0n) is 7.84. The summed E-state index contributed by atoms with van der Waals surface area (Å²) in [7, 11) is 0. The van der Waals surface area contributed by atoms with Gasteiger partial charge < -0.3 is 10.5 Å². The van der Waals surface area contributed by atoms with Gasteiger partial charge in [-0.3, -0.25) is 4.79 Å². The average Bonchev–Trinajstić information content (AvgIpc) is 2.06. The Hall–Kier alpha value is -1.24. The molecular weight excluding hydrogens is 291 g/mol. The van der Waals surface area contributed by atoms with E-state index in [1.165, 1.54) is 12.1 Å². The first-order chi connectivity index (χ1) is 7.28. The summed E-state index contributed by atoms with van der Waals surface area (Å²) in [6, 6.07) is 3.98. The summed E-state index contributed by atoms with van der Waals surface area (Å²) >= 11 is 3.01. The number of benzene rings is 1. The van der Waals surface area contributed by atoms with Crippen LogP contribution in [0.3, 0.4) is 0 Å². The Morgan fingerprint density at radius 3 is 2.56 bits per heavy atom. The molecule has 0 bridgehead atoms. The molecule has 0 fully saturated rings. The van der Waals surface area contributed by atoms with Gasteiger partial charge in [0.05, 0.1) is 6.42 Å². The van der Waals surface area contributed by atoms with Gasteiger partial charge in [0.2, 0.25) is 5.91 Å². The molecule has 0 spiro atoms. The lowest BCUT2D eigenvalue weighted by Crippen LogP contribution is -2.20. The third-order valence-electron chi connectivity index (χ3n) is 1.62. The van der Waals surface area contributed by atoms with E-state index in [0.29, 0.717) is 4.47 Å². The van der Waals surface area contributed by atoms with Crippen LogP contribution in [0.15, 0.2) is 22.7 Å². The second-order valence-electron chi connectivity index (χ2n) is 2.94. The summed E-state index contributed by atoms with van der Waals surface area (Å²) in [4.78, 5) is 10.6. The Morgan fingerprint density at radius 1 is 1.44 bits per heavy atom. The fraction of sp³-hybridized carbons (Fsp3) is 0.222. The Kier molecular flexibility index (Phi) is 3.79. The second-order valence-corrected chi connectivity index (χ2v) is 3.86. The van der Waals surface area contributed by atoms with E-state index in [4.69, 9.17) is 5.73 Å². The number of carbonyl (C=O) groups excluding carboxylic acids is 1. The van der Waals surface area contributed by atoms with Crippen molar-refractivity contribution in [2.45, 2.75) is 12.8 Å². The van der Waals surface area contributed by atoms with Crippen LogP contribution in [0.25, 0.3) is 0 Å². The highest BCUT2D eigenvalue weighted by Crippen LogP contribution is 2.29. The Balaban J connectivity index is 3.03. The van der Waals surface area contributed by atoms with Gasteiger partial charge in [0.15, 0.2) is 0 Å². The van der Waals surface area contributed by atoms with Crippen molar-refractivity contribution in [1.82, 2.24) is 0 Å². The van der Waals surface area contributed by atoms with Crippen molar-refractivity contribution in [1.29, 1.82) is 0 Å². The van der Waals surface area contributed by atoms with Gasteiger partial charge >= 0.3 is 6.36 Å². The van der Waals surface area contributed by atoms with E-state index in [1.807, 2.05) is 0 Å². The number of rotatable bonds is 3. The van der Waals surface area contributed by atoms with E-state index < -0.39 is 18.0 Å². The minimum atomic E-state index is -4.80. The van der Waals surface area contributed by atoms with E-state index in [-0.39, 0.29) is 12.0 Å². The van der Waals surface area contributed by atoms with Crippen LogP contribution in [0, 0.1) is 0 Å². The number of primary amides is 1. The monoisotopic (exact) mass is 297 g/mol. The minimum Gasteiger partial charge on any atom is -0.405 e. The third kappa shape index (κ3) is 4.09. The average molecular weight is 298 g/mol. The molecule has 0 heterocycles. The highest BCUT2D eigenvalue weighted by Gasteiger charge is 2.32. The van der Waals surface area contributed by atoms with Crippen molar-refractivity contribution in [2.75, 3.05) is 0 Å². The number of halogens is 4. The molecule has 0 saturated heterocycles. The van der Waals surface area contributed by atoms with Crippen LogP contribution in [0.5, 0.6) is 5.75 Å². The summed E-state index contributed by atoms with van der Waals surface area (Å²) in [6.45, 7) is 0. The third-order valence-corrected chi connectivity index (χ3v) is 2.11. The molecule has 3 nitrogen and oxygen atoms in total. The van der Waals surface area contributed by atoms with Crippen LogP contribution in [0.4, 0.5) is 13.2 Å². The van der Waals surface area contributed by atoms with Gasteiger partial charge in [-0.1, -0.05) is 22.0 Å². The molecule has 0 atom stereocenters. The zero-order chi connectivity index (χ0) is 12.3. The van der Waals surface area contributed by atoms with Crippen LogP contribution < -0.4 is 10.5 Å². The van der Waals surface area contributed by atoms with Crippen molar-refractivity contribution in [3.05, 3.63) is 28.2 Å². The molecule has 16 heavy (non-hydrogen) atoms. The quantitative estimate of drug-likeness (QED) is 0.931. The second kappa shape index (κ2) is 4.73. The molecule has 1 aromatic carbocycles. The van der Waals surface area contributed by atoms with Crippen molar-refractivity contribution in [2.24, 2.45) is 5.73 Å². The van der Waals surface area contributed by atoms with Crippen LogP contribution in [0.2, 0.25) is 0 Å². The molecule has 1 rings (SSSR count). The smallest absolute Gasteiger partial charge is 0.405 e. The van der Waals surface area contributed by atoms with Gasteiger partial charge in [0.1, 0.15) is 5.75 Å². The lowest BCUT2D eigenvalue weighted by Gasteiger charge is -2.12. The number of hydrogen-bond acceptors (Lipinski definition) is 2. The summed E-state index contributed by atoms with van der Waals surface area (Å²) in [5.41, 5.74) is 5.00. The standard InChI is InChI=1S/C9H7BrF3NO2/c10-6-2-1-5(3-8(14)15)7(4-6)16-9(11,12)13/h1-2,4H,3H2,(H2,14,15). The first kappa shape index (κ1) is 12.8. The van der Waals surface area contributed by atoms with Crippen LogP contribution >= 0.6 is 15.9 Å². The van der Waals surface area contributed by atoms with Gasteiger partial charge in [0.25, 0.3) is 0 Å². The lowest BCUT2D eigenvalue weighted by molar-refractivity contribution is -0.274. The molecule has 1 amide bonds. The molecule has 0 aromatic heterocycles. The number of hydrogen-bond donors (Lipinski definition) is 1. The molecule has 2 N–H and O–H groups in total. The maximum Gasteiger partial charge on any atom is 0.573 e. The van der Waals surface area contributed by atoms with Gasteiger partial charge in [-0.15, -0.1) is 13.2 Å². The fourth-order valence-electron chi connectivity index (χ4n) is 1.08. The van der Waals surface area contributed by atoms with E-state index >= 15 is 0 Å². The van der Waals surface area contributed by atoms with Crippen molar-refractivity contribution < 1.29 is 22.7 Å². The first-order valence-corrected chi connectivity index (χ1v) is 4.90. The van der Waals surface area contributed by atoms with Gasteiger partial charge in [0, 0.05) is 10.0 Å². The van der Waals surface area contributed by atoms with Crippen molar-refractivity contribution >= 4 is 21.8 Å². The summed E-state index contributed by atoms with van der Waals surface area (Å²) < 4.78 is 40.3. The Morgan fingerprint density at radius 2 is 2.06 bits per heavy atom. The van der Waals surface area contributed by atoms with Crippen LogP contribution in [0.1, 0.15) is 5.56 Å². The van der Waals surface area contributed by atoms with Crippen LogP contribution in [-0.4, -0.2) is 12.3 Å². The number of ether oxygens (including phenoxy) is 1. The molecule has 0 saturated carbocycles. The maximum absolute atomic E-state index is 12.0. The molecule has 0 unspecified atom stereocenters. The largest absolute Gasteiger partial charge is 0.573 e. The highest BCUT2D eigenvalue weighted by molar-refractivity contribution is 9.10. The predicted molar refractivity (Wildman–Crippen MR) is 53.7 cm³/mol. The lowest BCUT2D eigenvalue weighted by atomic mass is 10.1. The van der Waals surface area contributed by atoms with Gasteiger partial charge in [-0.2, -0.15) is 0 Å². The van der Waals surface area contributed by atoms with Crippen molar-refractivity contribution in [3.8, 4) is 5.75 Å². The first-order valence-electron chi connectivity index (χ1n) is 4.10. The van der Waals surface area contributed by atoms with E-state index in [0.717, 1.165) is 6.07 Å². The molecule has 7 heteroatoms. The number of nitrogens with two attached hydrogens (primary N) is 1. The van der Waals surface area contributed by atoms with E-state index in [1.54, 1.807) is 0 Å². The van der Waals surface area contributed by atoms with E-state index in [2.05, 4.69) is 20.7 Å². The van der Waals surface area contributed by atoms with Crippen molar-refractivity contribution in [3.63, 3.8) is 0 Å². The molecule has 0 aliphatic carbocycles. The fourth-order valence-corrected chi connectivity index (χ4v) is 1.42. The molecule has 88 valence electrons. The predicted octanol–water partition coefficient (Wildman–Crippen LogP) is 2.38. The maximum atomic E-state index is 12.0. The molecule has 1 aromatic rings. The molecule has 0 aliphatic heterocycles. The Bertz CT molecular complexity index is 406. The zero-order valence-corrected chi connectivity index (χ0v) is 9.43. The normalized spacial score (nSPS) is 11.2.